The van der Waals surface area contributed by atoms with Crippen LogP contribution in [0, 0.1) is 0 Å². The maximum Gasteiger partial charge on any atom is 0.231 e. The number of ether oxygens (including phenoxy) is 2. The molecule has 32 heavy (non-hydrogen) atoms. The number of amides is 1. The molecule has 5 rings (SSSR count). The molecule has 164 valence electrons. The van der Waals surface area contributed by atoms with Crippen molar-refractivity contribution < 1.29 is 14.3 Å². The Labute approximate surface area is 196 Å². The number of benzene rings is 3. The van der Waals surface area contributed by atoms with E-state index in [9.17, 15) is 4.79 Å². The first-order chi connectivity index (χ1) is 15.6. The fourth-order valence-electron chi connectivity index (χ4n) is 4.08. The minimum atomic E-state index is -0.668. The van der Waals surface area contributed by atoms with E-state index >= 15 is 0 Å². The van der Waals surface area contributed by atoms with E-state index in [-0.39, 0.29) is 5.91 Å². The van der Waals surface area contributed by atoms with Crippen molar-refractivity contribution >= 4 is 35.0 Å². The van der Waals surface area contributed by atoms with Gasteiger partial charge in [-0.2, -0.15) is 0 Å². The van der Waals surface area contributed by atoms with Crippen LogP contribution in [0.3, 0.4) is 0 Å². The molecule has 2 aliphatic heterocycles. The molecule has 1 unspecified atom stereocenters. The number of nitrogens with zero attached hydrogens (tertiary/aromatic N) is 1. The van der Waals surface area contributed by atoms with Crippen LogP contribution >= 0.6 is 23.4 Å². The summed E-state index contributed by atoms with van der Waals surface area (Å²) in [6, 6.07) is 23.6. The SMILES string of the molecule is O=C1CSC(c2cccc(Oc3ccc(Cl)cc3)c2)(c2cccc(N3CCOCC3)c2)N1. The van der Waals surface area contributed by atoms with Gasteiger partial charge < -0.3 is 19.7 Å². The molecule has 1 atom stereocenters. The lowest BCUT2D eigenvalue weighted by molar-refractivity contribution is -0.118. The minimum Gasteiger partial charge on any atom is -0.457 e. The van der Waals surface area contributed by atoms with E-state index in [1.165, 1.54) is 0 Å². The molecule has 5 nitrogen and oxygen atoms in total. The van der Waals surface area contributed by atoms with Crippen molar-refractivity contribution in [2.24, 2.45) is 0 Å². The van der Waals surface area contributed by atoms with Gasteiger partial charge in [-0.05, 0) is 59.7 Å². The summed E-state index contributed by atoms with van der Waals surface area (Å²) in [6.45, 7) is 3.18. The van der Waals surface area contributed by atoms with Crippen LogP contribution in [0.25, 0.3) is 0 Å². The zero-order chi connectivity index (χ0) is 22.0. The number of hydrogen-bond donors (Lipinski definition) is 1. The first-order valence-corrected chi connectivity index (χ1v) is 11.9. The van der Waals surface area contributed by atoms with Crippen molar-refractivity contribution in [3.8, 4) is 11.5 Å². The van der Waals surface area contributed by atoms with Gasteiger partial charge in [0.25, 0.3) is 0 Å². The third-order valence-electron chi connectivity index (χ3n) is 5.65. The lowest BCUT2D eigenvalue weighted by Gasteiger charge is -2.33. The monoisotopic (exact) mass is 466 g/mol. The summed E-state index contributed by atoms with van der Waals surface area (Å²) in [5.41, 5.74) is 3.15. The summed E-state index contributed by atoms with van der Waals surface area (Å²) in [4.78, 5) is 14.1. The molecule has 2 heterocycles. The molecule has 0 aromatic heterocycles. The molecule has 0 radical (unpaired) electrons. The molecule has 7 heteroatoms. The summed E-state index contributed by atoms with van der Waals surface area (Å²) in [7, 11) is 0. The Hall–Kier alpha value is -2.67. The molecule has 2 aliphatic rings. The highest BCUT2D eigenvalue weighted by Crippen LogP contribution is 2.45. The molecule has 0 saturated carbocycles. The highest BCUT2D eigenvalue weighted by Gasteiger charge is 2.42. The lowest BCUT2D eigenvalue weighted by atomic mass is 9.96. The van der Waals surface area contributed by atoms with Crippen molar-refractivity contribution in [3.05, 3.63) is 88.9 Å². The van der Waals surface area contributed by atoms with Gasteiger partial charge in [-0.3, -0.25) is 4.79 Å². The number of carbonyl (C=O) groups excluding carboxylic acids is 1. The van der Waals surface area contributed by atoms with Crippen LogP contribution in [0.1, 0.15) is 11.1 Å². The number of nitrogens with one attached hydrogen (secondary N) is 1. The maximum absolute atomic E-state index is 12.4. The molecule has 1 amide bonds. The van der Waals surface area contributed by atoms with Crippen molar-refractivity contribution in [1.82, 2.24) is 5.32 Å². The van der Waals surface area contributed by atoms with Gasteiger partial charge in [-0.25, -0.2) is 0 Å². The molecule has 0 bridgehead atoms. The first-order valence-electron chi connectivity index (χ1n) is 10.5. The molecule has 2 saturated heterocycles. The number of carbonyl (C=O) groups is 1. The van der Waals surface area contributed by atoms with Gasteiger partial charge in [0.2, 0.25) is 5.91 Å². The number of hydrogen-bond acceptors (Lipinski definition) is 5. The number of thioether (sulfide) groups is 1. The van der Waals surface area contributed by atoms with Crippen LogP contribution in [-0.2, 0) is 14.4 Å². The quantitative estimate of drug-likeness (QED) is 0.571. The number of halogens is 1. The van der Waals surface area contributed by atoms with E-state index < -0.39 is 4.87 Å². The van der Waals surface area contributed by atoms with E-state index in [1.54, 1.807) is 23.9 Å². The predicted molar refractivity (Wildman–Crippen MR) is 129 cm³/mol. The Morgan fingerprint density at radius 2 is 1.66 bits per heavy atom. The third-order valence-corrected chi connectivity index (χ3v) is 7.32. The normalized spacial score (nSPS) is 20.8. The summed E-state index contributed by atoms with van der Waals surface area (Å²) in [6.07, 6.45) is 0. The molecule has 2 fully saturated rings. The summed E-state index contributed by atoms with van der Waals surface area (Å²) in [5, 5.41) is 3.90. The molecular weight excluding hydrogens is 444 g/mol. The Balaban J connectivity index is 1.50. The van der Waals surface area contributed by atoms with Crippen molar-refractivity contribution in [3.63, 3.8) is 0 Å². The molecular formula is C25H23ClN2O3S. The highest BCUT2D eigenvalue weighted by atomic mass is 35.5. The Kier molecular flexibility index (Phi) is 6.00. The van der Waals surface area contributed by atoms with Crippen molar-refractivity contribution in [2.75, 3.05) is 37.0 Å². The average molecular weight is 467 g/mol. The van der Waals surface area contributed by atoms with Crippen LogP contribution in [0.2, 0.25) is 5.02 Å². The smallest absolute Gasteiger partial charge is 0.231 e. The maximum atomic E-state index is 12.4. The second kappa shape index (κ2) is 9.06. The Morgan fingerprint density at radius 3 is 2.38 bits per heavy atom. The number of anilines is 1. The summed E-state index contributed by atoms with van der Waals surface area (Å²) < 4.78 is 11.6. The molecule has 3 aromatic rings. The molecule has 3 aromatic carbocycles. The van der Waals surface area contributed by atoms with Crippen molar-refractivity contribution in [1.29, 1.82) is 0 Å². The van der Waals surface area contributed by atoms with Gasteiger partial charge in [0.1, 0.15) is 16.4 Å². The van der Waals surface area contributed by atoms with Crippen molar-refractivity contribution in [2.45, 2.75) is 4.87 Å². The predicted octanol–water partition coefficient (Wildman–Crippen LogP) is 5.03. The van der Waals surface area contributed by atoms with Crippen LogP contribution < -0.4 is 15.0 Å². The zero-order valence-electron chi connectivity index (χ0n) is 17.4. The summed E-state index contributed by atoms with van der Waals surface area (Å²) >= 11 is 7.59. The largest absolute Gasteiger partial charge is 0.457 e. The Bertz CT molecular complexity index is 1120. The van der Waals surface area contributed by atoms with E-state index in [0.717, 1.165) is 43.1 Å². The minimum absolute atomic E-state index is 0.0239. The van der Waals surface area contributed by atoms with Crippen LogP contribution in [0.5, 0.6) is 11.5 Å². The van der Waals surface area contributed by atoms with E-state index in [2.05, 4.69) is 34.5 Å². The van der Waals surface area contributed by atoms with E-state index in [1.807, 2.05) is 36.4 Å². The highest BCUT2D eigenvalue weighted by molar-refractivity contribution is 8.01. The Morgan fingerprint density at radius 1 is 0.938 bits per heavy atom. The van der Waals surface area contributed by atoms with Gasteiger partial charge in [-0.15, -0.1) is 11.8 Å². The standard InChI is InChI=1S/C25H23ClN2O3S/c26-20-7-9-22(10-8-20)31-23-6-2-4-19(16-23)25(27-24(29)17-32-25)18-3-1-5-21(15-18)28-11-13-30-14-12-28/h1-10,15-16H,11-14,17H2,(H,27,29). The number of rotatable bonds is 5. The third kappa shape index (κ3) is 4.31. The van der Waals surface area contributed by atoms with Gasteiger partial charge in [-0.1, -0.05) is 35.9 Å². The molecule has 1 N–H and O–H groups in total. The lowest BCUT2D eigenvalue weighted by Crippen LogP contribution is -2.39. The van der Waals surface area contributed by atoms with E-state index in [0.29, 0.717) is 22.3 Å². The second-order valence-corrected chi connectivity index (χ2v) is 9.38. The van der Waals surface area contributed by atoms with E-state index in [4.69, 9.17) is 21.1 Å². The number of morpholine rings is 1. The van der Waals surface area contributed by atoms with Gasteiger partial charge in [0.15, 0.2) is 0 Å². The molecule has 0 spiro atoms. The molecule has 0 aliphatic carbocycles. The topological polar surface area (TPSA) is 50.8 Å². The first kappa shape index (κ1) is 21.2. The zero-order valence-corrected chi connectivity index (χ0v) is 19.0. The van der Waals surface area contributed by atoms with Crippen LogP contribution in [0.4, 0.5) is 5.69 Å². The van der Waals surface area contributed by atoms with Crippen LogP contribution in [-0.4, -0.2) is 38.0 Å². The van der Waals surface area contributed by atoms with Gasteiger partial charge >= 0.3 is 0 Å². The van der Waals surface area contributed by atoms with Gasteiger partial charge in [0, 0.05) is 23.8 Å². The van der Waals surface area contributed by atoms with Gasteiger partial charge in [0.05, 0.1) is 19.0 Å². The fraction of sp³-hybridized carbons (Fsp3) is 0.240. The average Bonchev–Trinajstić information content (AvgIpc) is 3.24. The summed E-state index contributed by atoms with van der Waals surface area (Å²) in [5.74, 6) is 1.84. The van der Waals surface area contributed by atoms with Crippen LogP contribution in [0.15, 0.2) is 72.8 Å². The second-order valence-electron chi connectivity index (χ2n) is 7.75. The fourth-order valence-corrected chi connectivity index (χ4v) is 5.40.